The van der Waals surface area contributed by atoms with Crippen LogP contribution >= 0.6 is 36.2 Å². The van der Waals surface area contributed by atoms with E-state index in [0.717, 1.165) is 22.9 Å². The first-order chi connectivity index (χ1) is 11.2. The number of amides is 1. The third-order valence-electron chi connectivity index (χ3n) is 3.90. The molecule has 0 spiro atoms. The summed E-state index contributed by atoms with van der Waals surface area (Å²) in [6.45, 7) is 1.75. The van der Waals surface area contributed by atoms with Gasteiger partial charge in [-0.1, -0.05) is 0 Å². The van der Waals surface area contributed by atoms with Crippen LogP contribution in [0.25, 0.3) is 10.6 Å². The molecule has 0 aliphatic carbocycles. The van der Waals surface area contributed by atoms with E-state index in [-0.39, 0.29) is 36.6 Å². The van der Waals surface area contributed by atoms with E-state index in [1.54, 1.807) is 12.5 Å². The largest absolute Gasteiger partial charge is 0.497 e. The fourth-order valence-electron chi connectivity index (χ4n) is 2.49. The average Bonchev–Trinajstić information content (AvgIpc) is 3.22. The number of hydrogen-bond donors (Lipinski definition) is 3. The Morgan fingerprint density at radius 1 is 1.36 bits per heavy atom. The highest BCUT2D eigenvalue weighted by atomic mass is 35.5. The van der Waals surface area contributed by atoms with Gasteiger partial charge in [0.1, 0.15) is 16.5 Å². The summed E-state index contributed by atoms with van der Waals surface area (Å²) in [5.41, 5.74) is 1.35. The number of nitrogens with one attached hydrogen (secondary N) is 2. The molecule has 3 N–H and O–H groups in total. The van der Waals surface area contributed by atoms with Gasteiger partial charge in [-0.05, 0) is 24.3 Å². The molecule has 138 valence electrons. The maximum Gasteiger partial charge on any atom is 0.270 e. The molecular weight excluding hydrogens is 385 g/mol. The average molecular weight is 406 g/mol. The van der Waals surface area contributed by atoms with Crippen LogP contribution in [0.3, 0.4) is 0 Å². The van der Waals surface area contributed by atoms with Crippen LogP contribution in [0.5, 0.6) is 5.75 Å². The van der Waals surface area contributed by atoms with Gasteiger partial charge in [-0.25, -0.2) is 4.98 Å². The number of thiazole rings is 1. The number of aromatic nitrogens is 1. The molecule has 1 fully saturated rings. The van der Waals surface area contributed by atoms with Crippen molar-refractivity contribution < 1.29 is 14.6 Å². The summed E-state index contributed by atoms with van der Waals surface area (Å²) in [4.78, 5) is 16.6. The molecule has 0 saturated carbocycles. The van der Waals surface area contributed by atoms with Gasteiger partial charge < -0.3 is 20.5 Å². The number of benzene rings is 1. The van der Waals surface area contributed by atoms with Gasteiger partial charge in [0, 0.05) is 36.5 Å². The maximum atomic E-state index is 12.2. The fraction of sp³-hybridized carbons (Fsp3) is 0.375. The Hall–Kier alpha value is -1.38. The molecule has 0 bridgehead atoms. The van der Waals surface area contributed by atoms with Crippen LogP contribution < -0.4 is 15.4 Å². The molecule has 2 unspecified atom stereocenters. The van der Waals surface area contributed by atoms with Crippen LogP contribution in [-0.4, -0.2) is 48.8 Å². The molecule has 3 rings (SSSR count). The zero-order valence-corrected chi connectivity index (χ0v) is 16.0. The number of halogens is 2. The van der Waals surface area contributed by atoms with Gasteiger partial charge in [0.15, 0.2) is 0 Å². The SMILES string of the molecule is COc1ccc(-c2nc(C(=O)NCC3CNCC3O)cs2)cc1.Cl.Cl. The summed E-state index contributed by atoms with van der Waals surface area (Å²) in [5, 5.41) is 18.2. The highest BCUT2D eigenvalue weighted by molar-refractivity contribution is 7.13. The first-order valence-corrected chi connectivity index (χ1v) is 8.32. The lowest BCUT2D eigenvalue weighted by molar-refractivity contribution is 0.0923. The van der Waals surface area contributed by atoms with Gasteiger partial charge in [-0.15, -0.1) is 36.2 Å². The van der Waals surface area contributed by atoms with Gasteiger partial charge in [0.05, 0.1) is 13.2 Å². The Bertz CT molecular complexity index is 682. The van der Waals surface area contributed by atoms with E-state index in [2.05, 4.69) is 15.6 Å². The molecule has 1 aromatic heterocycles. The van der Waals surface area contributed by atoms with Crippen LogP contribution in [0.4, 0.5) is 0 Å². The predicted octanol–water partition coefficient (Wildman–Crippen LogP) is 1.97. The topological polar surface area (TPSA) is 83.5 Å². The van der Waals surface area contributed by atoms with Gasteiger partial charge >= 0.3 is 0 Å². The van der Waals surface area contributed by atoms with E-state index in [1.165, 1.54) is 11.3 Å². The molecule has 1 aromatic carbocycles. The van der Waals surface area contributed by atoms with Crippen LogP contribution in [0.15, 0.2) is 29.6 Å². The number of aliphatic hydroxyl groups excluding tert-OH is 1. The van der Waals surface area contributed by atoms with Crippen molar-refractivity contribution in [1.82, 2.24) is 15.6 Å². The van der Waals surface area contributed by atoms with Crippen LogP contribution in [0, 0.1) is 5.92 Å². The van der Waals surface area contributed by atoms with Gasteiger partial charge in [-0.2, -0.15) is 0 Å². The number of hydrogen-bond acceptors (Lipinski definition) is 6. The number of nitrogens with zero attached hydrogens (tertiary/aromatic N) is 1. The fourth-order valence-corrected chi connectivity index (χ4v) is 3.29. The minimum absolute atomic E-state index is 0. The third kappa shape index (κ3) is 5.29. The van der Waals surface area contributed by atoms with Gasteiger partial charge in [0.25, 0.3) is 5.91 Å². The Morgan fingerprint density at radius 3 is 2.68 bits per heavy atom. The van der Waals surface area contributed by atoms with E-state index in [9.17, 15) is 9.90 Å². The van der Waals surface area contributed by atoms with Gasteiger partial charge in [0.2, 0.25) is 0 Å². The van der Waals surface area contributed by atoms with Crippen LogP contribution in [0.2, 0.25) is 0 Å². The summed E-state index contributed by atoms with van der Waals surface area (Å²) < 4.78 is 5.13. The molecule has 2 heterocycles. The van der Waals surface area contributed by atoms with Crippen LogP contribution in [0.1, 0.15) is 10.5 Å². The van der Waals surface area contributed by atoms with Crippen molar-refractivity contribution >= 4 is 42.1 Å². The second-order valence-electron chi connectivity index (χ2n) is 5.46. The minimum Gasteiger partial charge on any atom is -0.497 e. The molecule has 1 amide bonds. The monoisotopic (exact) mass is 405 g/mol. The zero-order chi connectivity index (χ0) is 16.2. The van der Waals surface area contributed by atoms with Crippen molar-refractivity contribution in [2.45, 2.75) is 6.10 Å². The van der Waals surface area contributed by atoms with Crippen molar-refractivity contribution in [2.75, 3.05) is 26.7 Å². The minimum atomic E-state index is -0.402. The lowest BCUT2D eigenvalue weighted by atomic mass is 10.1. The number of aliphatic hydroxyl groups is 1. The van der Waals surface area contributed by atoms with Crippen molar-refractivity contribution in [3.8, 4) is 16.3 Å². The molecule has 1 aliphatic heterocycles. The normalized spacial score (nSPS) is 18.8. The number of ether oxygens (including phenoxy) is 1. The number of carbonyl (C=O) groups excluding carboxylic acids is 1. The molecule has 9 heteroatoms. The molecule has 2 aromatic rings. The molecule has 2 atom stereocenters. The Labute approximate surface area is 162 Å². The zero-order valence-electron chi connectivity index (χ0n) is 13.6. The number of β-amino-alcohol motifs (C(OH)–C–C–N with tert-alkyl or cyclic N) is 1. The maximum absolute atomic E-state index is 12.2. The lowest BCUT2D eigenvalue weighted by Gasteiger charge is -2.13. The second kappa shape index (κ2) is 9.94. The van der Waals surface area contributed by atoms with E-state index in [1.807, 2.05) is 24.3 Å². The highest BCUT2D eigenvalue weighted by Crippen LogP contribution is 2.25. The molecule has 1 aliphatic rings. The number of carbonyl (C=O) groups is 1. The second-order valence-corrected chi connectivity index (χ2v) is 6.32. The van der Waals surface area contributed by atoms with Crippen molar-refractivity contribution in [2.24, 2.45) is 5.92 Å². The van der Waals surface area contributed by atoms with E-state index >= 15 is 0 Å². The van der Waals surface area contributed by atoms with Crippen LogP contribution in [-0.2, 0) is 0 Å². The van der Waals surface area contributed by atoms with E-state index in [4.69, 9.17) is 4.74 Å². The van der Waals surface area contributed by atoms with E-state index < -0.39 is 6.10 Å². The number of rotatable bonds is 5. The Balaban J connectivity index is 0.00000156. The summed E-state index contributed by atoms with van der Waals surface area (Å²) in [6.07, 6.45) is -0.402. The van der Waals surface area contributed by atoms with Gasteiger partial charge in [-0.3, -0.25) is 4.79 Å². The summed E-state index contributed by atoms with van der Waals surface area (Å²) in [5.74, 6) is 0.630. The summed E-state index contributed by atoms with van der Waals surface area (Å²) in [6, 6.07) is 7.57. The molecule has 0 radical (unpaired) electrons. The first kappa shape index (κ1) is 21.7. The number of methoxy groups -OCH3 is 1. The Kier molecular flexibility index (Phi) is 8.61. The summed E-state index contributed by atoms with van der Waals surface area (Å²) in [7, 11) is 1.62. The quantitative estimate of drug-likeness (QED) is 0.707. The smallest absolute Gasteiger partial charge is 0.270 e. The van der Waals surface area contributed by atoms with E-state index in [0.29, 0.717) is 18.8 Å². The predicted molar refractivity (Wildman–Crippen MR) is 103 cm³/mol. The van der Waals surface area contributed by atoms with Crippen molar-refractivity contribution in [3.63, 3.8) is 0 Å². The standard InChI is InChI=1S/C16H19N3O3S.2ClH/c1-22-12-4-2-10(3-5-12)16-19-13(9-23-16)15(21)18-7-11-6-17-8-14(11)20;;/h2-5,9,11,14,17,20H,6-8H2,1H3,(H,18,21);2*1H. The van der Waals surface area contributed by atoms with Crippen molar-refractivity contribution in [1.29, 1.82) is 0 Å². The summed E-state index contributed by atoms with van der Waals surface area (Å²) >= 11 is 1.43. The molecule has 6 nitrogen and oxygen atoms in total. The first-order valence-electron chi connectivity index (χ1n) is 7.44. The molecule has 25 heavy (non-hydrogen) atoms. The lowest BCUT2D eigenvalue weighted by Crippen LogP contribution is -2.34. The highest BCUT2D eigenvalue weighted by Gasteiger charge is 2.25. The molecular formula is C16H21Cl2N3O3S. The molecule has 1 saturated heterocycles. The third-order valence-corrected chi connectivity index (χ3v) is 4.79. The van der Waals surface area contributed by atoms with Crippen molar-refractivity contribution in [3.05, 3.63) is 35.3 Å². The Morgan fingerprint density at radius 2 is 2.08 bits per heavy atom.